The molecule has 10 heteroatoms. The predicted molar refractivity (Wildman–Crippen MR) is 125 cm³/mol. The summed E-state index contributed by atoms with van der Waals surface area (Å²) in [6.45, 7) is 5.56. The molecule has 5 rings (SSSR count). The largest absolute Gasteiger partial charge is 0.486 e. The number of furan rings is 1. The fourth-order valence-corrected chi connectivity index (χ4v) is 4.21. The van der Waals surface area contributed by atoms with E-state index < -0.39 is 4.92 Å². The molecule has 35 heavy (non-hydrogen) atoms. The van der Waals surface area contributed by atoms with E-state index in [-0.39, 0.29) is 30.8 Å². The second kappa shape index (κ2) is 9.67. The lowest BCUT2D eigenvalue weighted by atomic mass is 10.1. The van der Waals surface area contributed by atoms with Gasteiger partial charge < -0.3 is 23.5 Å². The lowest BCUT2D eigenvalue weighted by Gasteiger charge is -2.34. The first kappa shape index (κ1) is 22.7. The fourth-order valence-electron chi connectivity index (χ4n) is 4.21. The van der Waals surface area contributed by atoms with Crippen molar-refractivity contribution in [2.75, 3.05) is 33.0 Å². The number of nitrogens with zero attached hydrogens (tertiary/aromatic N) is 3. The first-order valence-corrected chi connectivity index (χ1v) is 11.3. The zero-order chi connectivity index (χ0) is 24.4. The summed E-state index contributed by atoms with van der Waals surface area (Å²) in [6, 6.07) is 13.9. The first-order valence-electron chi connectivity index (χ1n) is 11.3. The van der Waals surface area contributed by atoms with Crippen LogP contribution in [0.3, 0.4) is 0 Å². The number of piperazine rings is 1. The molecule has 2 aromatic carbocycles. The molecule has 182 valence electrons. The van der Waals surface area contributed by atoms with Gasteiger partial charge in [-0.1, -0.05) is 6.07 Å². The molecule has 1 saturated heterocycles. The second-order valence-corrected chi connectivity index (χ2v) is 8.52. The average Bonchev–Trinajstić information content (AvgIpc) is 3.52. The molecule has 0 radical (unpaired) electrons. The fraction of sp³-hybridized carbons (Fsp3) is 0.320. The van der Waals surface area contributed by atoms with Crippen LogP contribution in [0.1, 0.15) is 27.4 Å². The Labute approximate surface area is 201 Å². The van der Waals surface area contributed by atoms with Crippen LogP contribution in [0.15, 0.2) is 52.9 Å². The molecule has 1 fully saturated rings. The molecule has 3 aromatic rings. The average molecular weight is 479 g/mol. The zero-order valence-electron chi connectivity index (χ0n) is 19.3. The van der Waals surface area contributed by atoms with Crippen LogP contribution in [0.4, 0.5) is 5.69 Å². The highest BCUT2D eigenvalue weighted by Gasteiger charge is 2.25. The zero-order valence-corrected chi connectivity index (χ0v) is 19.3. The Morgan fingerprint density at radius 2 is 1.83 bits per heavy atom. The number of carbonyl (C=O) groups excluding carboxylic acids is 1. The van der Waals surface area contributed by atoms with Gasteiger partial charge in [0.25, 0.3) is 11.6 Å². The molecule has 1 amide bonds. The molecule has 0 saturated carbocycles. The number of hydrogen-bond acceptors (Lipinski definition) is 8. The highest BCUT2D eigenvalue weighted by atomic mass is 16.7. The smallest absolute Gasteiger partial charge is 0.289 e. The van der Waals surface area contributed by atoms with Gasteiger partial charge >= 0.3 is 0 Å². The molecule has 10 nitrogen and oxygen atoms in total. The maximum atomic E-state index is 12.9. The number of benzene rings is 2. The summed E-state index contributed by atoms with van der Waals surface area (Å²) in [5.74, 6) is 2.67. The van der Waals surface area contributed by atoms with Crippen molar-refractivity contribution in [2.45, 2.75) is 20.1 Å². The van der Waals surface area contributed by atoms with E-state index in [2.05, 4.69) is 4.90 Å². The summed E-state index contributed by atoms with van der Waals surface area (Å²) in [7, 11) is 0. The van der Waals surface area contributed by atoms with Crippen molar-refractivity contribution in [3.05, 3.63) is 81.3 Å². The molecule has 0 spiro atoms. The standard InChI is InChI=1S/C25H25N3O7/c1-17-12-19(3-5-21(17)28(30)31)32-15-20-4-7-23(35-20)25(29)27-10-8-26(9-11-27)14-18-2-6-22-24(13-18)34-16-33-22/h2-7,12-13H,8-11,14-16H2,1H3. The van der Waals surface area contributed by atoms with E-state index >= 15 is 0 Å². The Balaban J connectivity index is 1.12. The van der Waals surface area contributed by atoms with Crippen LogP contribution >= 0.6 is 0 Å². The highest BCUT2D eigenvalue weighted by Crippen LogP contribution is 2.33. The van der Waals surface area contributed by atoms with Crippen LogP contribution in [-0.2, 0) is 13.2 Å². The molecule has 0 bridgehead atoms. The molecular weight excluding hydrogens is 454 g/mol. The van der Waals surface area contributed by atoms with E-state index in [1.807, 2.05) is 18.2 Å². The Morgan fingerprint density at radius 3 is 2.60 bits per heavy atom. The number of rotatable bonds is 7. The lowest BCUT2D eigenvalue weighted by molar-refractivity contribution is -0.385. The highest BCUT2D eigenvalue weighted by molar-refractivity contribution is 5.91. The van der Waals surface area contributed by atoms with E-state index in [0.29, 0.717) is 30.2 Å². The van der Waals surface area contributed by atoms with Crippen molar-refractivity contribution in [1.82, 2.24) is 9.80 Å². The van der Waals surface area contributed by atoms with Crippen molar-refractivity contribution in [3.63, 3.8) is 0 Å². The molecule has 1 aromatic heterocycles. The van der Waals surface area contributed by atoms with Crippen molar-refractivity contribution < 1.29 is 28.3 Å². The maximum Gasteiger partial charge on any atom is 0.289 e. The molecule has 2 aliphatic rings. The van der Waals surface area contributed by atoms with Crippen LogP contribution in [0, 0.1) is 17.0 Å². The van der Waals surface area contributed by atoms with Crippen molar-refractivity contribution in [2.24, 2.45) is 0 Å². The maximum absolute atomic E-state index is 12.9. The van der Waals surface area contributed by atoms with Crippen molar-refractivity contribution >= 4 is 11.6 Å². The monoisotopic (exact) mass is 479 g/mol. The molecule has 2 aliphatic heterocycles. The SMILES string of the molecule is Cc1cc(OCc2ccc(C(=O)N3CCN(Cc4ccc5c(c4)OCO5)CC3)o2)ccc1[N+](=O)[O-]. The first-order chi connectivity index (χ1) is 17.0. The van der Waals surface area contributed by atoms with Crippen LogP contribution in [0.2, 0.25) is 0 Å². The summed E-state index contributed by atoms with van der Waals surface area (Å²) in [5, 5.41) is 10.9. The summed E-state index contributed by atoms with van der Waals surface area (Å²) in [5.41, 5.74) is 1.70. The van der Waals surface area contributed by atoms with Gasteiger partial charge in [-0.15, -0.1) is 0 Å². The molecule has 0 N–H and O–H groups in total. The molecule has 0 aliphatic carbocycles. The van der Waals surface area contributed by atoms with Gasteiger partial charge in [0.1, 0.15) is 18.1 Å². The Kier molecular flexibility index (Phi) is 6.28. The number of amides is 1. The van der Waals surface area contributed by atoms with Gasteiger partial charge in [0.05, 0.1) is 4.92 Å². The van der Waals surface area contributed by atoms with E-state index in [9.17, 15) is 14.9 Å². The quantitative estimate of drug-likeness (QED) is 0.372. The summed E-state index contributed by atoms with van der Waals surface area (Å²) < 4.78 is 22.2. The number of aryl methyl sites for hydroxylation is 1. The normalized spacial score (nSPS) is 15.3. The molecule has 0 atom stereocenters. The summed E-state index contributed by atoms with van der Waals surface area (Å²) in [6.07, 6.45) is 0. The van der Waals surface area contributed by atoms with Crippen molar-refractivity contribution in [1.29, 1.82) is 0 Å². The van der Waals surface area contributed by atoms with Gasteiger partial charge in [0, 0.05) is 44.4 Å². The van der Waals surface area contributed by atoms with Gasteiger partial charge in [0.2, 0.25) is 6.79 Å². The Bertz CT molecular complexity index is 1250. The minimum absolute atomic E-state index is 0.0409. The van der Waals surface area contributed by atoms with Gasteiger partial charge in [-0.05, 0) is 48.9 Å². The van der Waals surface area contributed by atoms with Crippen LogP contribution < -0.4 is 14.2 Å². The van der Waals surface area contributed by atoms with Crippen molar-refractivity contribution in [3.8, 4) is 17.2 Å². The third-order valence-electron chi connectivity index (χ3n) is 6.12. The summed E-state index contributed by atoms with van der Waals surface area (Å²) >= 11 is 0. The lowest BCUT2D eigenvalue weighted by Crippen LogP contribution is -2.48. The molecule has 0 unspecified atom stereocenters. The number of hydrogen-bond donors (Lipinski definition) is 0. The molecular formula is C25H25N3O7. The minimum Gasteiger partial charge on any atom is -0.486 e. The topological polar surface area (TPSA) is 108 Å². The minimum atomic E-state index is -0.430. The Morgan fingerprint density at radius 1 is 1.03 bits per heavy atom. The van der Waals surface area contributed by atoms with E-state index in [0.717, 1.165) is 36.7 Å². The second-order valence-electron chi connectivity index (χ2n) is 8.52. The molecule has 3 heterocycles. The third-order valence-corrected chi connectivity index (χ3v) is 6.12. The summed E-state index contributed by atoms with van der Waals surface area (Å²) in [4.78, 5) is 27.5. The van der Waals surface area contributed by atoms with Crippen LogP contribution in [0.25, 0.3) is 0 Å². The number of ether oxygens (including phenoxy) is 3. The van der Waals surface area contributed by atoms with Crippen LogP contribution in [0.5, 0.6) is 17.2 Å². The van der Waals surface area contributed by atoms with Gasteiger partial charge in [-0.25, -0.2) is 0 Å². The van der Waals surface area contributed by atoms with Gasteiger partial charge in [-0.3, -0.25) is 19.8 Å². The van der Waals surface area contributed by atoms with E-state index in [4.69, 9.17) is 18.6 Å². The number of nitro benzene ring substituents is 1. The number of nitro groups is 1. The van der Waals surface area contributed by atoms with Crippen LogP contribution in [-0.4, -0.2) is 53.6 Å². The third kappa shape index (κ3) is 5.07. The Hall–Kier alpha value is -4.05. The van der Waals surface area contributed by atoms with E-state index in [1.54, 1.807) is 36.1 Å². The van der Waals surface area contributed by atoms with Gasteiger partial charge in [-0.2, -0.15) is 0 Å². The number of carbonyl (C=O) groups is 1. The predicted octanol–water partition coefficient (Wildman–Crippen LogP) is 3.76. The number of fused-ring (bicyclic) bond motifs is 1. The van der Waals surface area contributed by atoms with E-state index in [1.165, 1.54) is 6.07 Å². The van der Waals surface area contributed by atoms with Gasteiger partial charge in [0.15, 0.2) is 17.3 Å².